The van der Waals surface area contributed by atoms with Crippen LogP contribution in [-0.4, -0.2) is 51.2 Å². The number of benzene rings is 1. The molecule has 1 aromatic rings. The number of nitrogens with zero attached hydrogens (tertiary/aromatic N) is 1. The first-order valence-corrected chi connectivity index (χ1v) is 8.77. The van der Waals surface area contributed by atoms with Gasteiger partial charge in [-0.1, -0.05) is 13.8 Å². The van der Waals surface area contributed by atoms with Crippen molar-refractivity contribution in [2.45, 2.75) is 26.7 Å². The molecule has 5 heteroatoms. The SMILES string of the molecule is COc1ccc(C(=O)NCC2CCN(C)CC2)c(OCC(C)C)c1. The first-order valence-electron chi connectivity index (χ1n) is 8.77. The van der Waals surface area contributed by atoms with Gasteiger partial charge in [0.15, 0.2) is 0 Å². The maximum absolute atomic E-state index is 12.6. The predicted octanol–water partition coefficient (Wildman–Crippen LogP) is 2.80. The Morgan fingerprint density at radius 1 is 1.33 bits per heavy atom. The first kappa shape index (κ1) is 18.6. The molecule has 0 aliphatic carbocycles. The molecular formula is C19H30N2O3. The summed E-state index contributed by atoms with van der Waals surface area (Å²) in [5.41, 5.74) is 0.573. The minimum absolute atomic E-state index is 0.0738. The topological polar surface area (TPSA) is 50.8 Å². The number of carbonyl (C=O) groups excluding carboxylic acids is 1. The zero-order chi connectivity index (χ0) is 17.5. The lowest BCUT2D eigenvalue weighted by molar-refractivity contribution is 0.0934. The molecule has 5 nitrogen and oxygen atoms in total. The molecule has 1 aliphatic rings. The van der Waals surface area contributed by atoms with E-state index < -0.39 is 0 Å². The second-order valence-corrected chi connectivity index (χ2v) is 7.02. The van der Waals surface area contributed by atoms with Gasteiger partial charge in [-0.25, -0.2) is 0 Å². The fourth-order valence-electron chi connectivity index (χ4n) is 2.79. The monoisotopic (exact) mass is 334 g/mol. The van der Waals surface area contributed by atoms with E-state index in [-0.39, 0.29) is 5.91 Å². The summed E-state index contributed by atoms with van der Waals surface area (Å²) in [6, 6.07) is 5.36. The maximum atomic E-state index is 12.6. The smallest absolute Gasteiger partial charge is 0.255 e. The Hall–Kier alpha value is -1.75. The highest BCUT2D eigenvalue weighted by atomic mass is 16.5. The van der Waals surface area contributed by atoms with Crippen LogP contribution in [0.25, 0.3) is 0 Å². The Labute approximate surface area is 145 Å². The molecule has 0 aromatic heterocycles. The van der Waals surface area contributed by atoms with Gasteiger partial charge in [0.1, 0.15) is 11.5 Å². The van der Waals surface area contributed by atoms with Gasteiger partial charge in [0.05, 0.1) is 19.3 Å². The minimum atomic E-state index is -0.0738. The lowest BCUT2D eigenvalue weighted by Crippen LogP contribution is -2.37. The summed E-state index contributed by atoms with van der Waals surface area (Å²) >= 11 is 0. The number of likely N-dealkylation sites (tertiary alicyclic amines) is 1. The third kappa shape index (κ3) is 5.41. The van der Waals surface area contributed by atoms with E-state index in [0.29, 0.717) is 35.5 Å². The quantitative estimate of drug-likeness (QED) is 0.833. The molecule has 1 heterocycles. The third-order valence-electron chi connectivity index (χ3n) is 4.40. The average Bonchev–Trinajstić information content (AvgIpc) is 2.58. The summed E-state index contributed by atoms with van der Waals surface area (Å²) < 4.78 is 11.1. The van der Waals surface area contributed by atoms with Crippen molar-refractivity contribution in [3.05, 3.63) is 23.8 Å². The largest absolute Gasteiger partial charge is 0.497 e. The maximum Gasteiger partial charge on any atom is 0.255 e. The van der Waals surface area contributed by atoms with Crippen LogP contribution in [0.15, 0.2) is 18.2 Å². The molecule has 1 saturated heterocycles. The number of rotatable bonds is 7. The van der Waals surface area contributed by atoms with E-state index in [2.05, 4.69) is 31.1 Å². The van der Waals surface area contributed by atoms with Gasteiger partial charge in [0.2, 0.25) is 0 Å². The van der Waals surface area contributed by atoms with Gasteiger partial charge >= 0.3 is 0 Å². The van der Waals surface area contributed by atoms with E-state index in [1.54, 1.807) is 25.3 Å². The van der Waals surface area contributed by atoms with Crippen LogP contribution < -0.4 is 14.8 Å². The van der Waals surface area contributed by atoms with Gasteiger partial charge in [-0.2, -0.15) is 0 Å². The number of hydrogen-bond acceptors (Lipinski definition) is 4. The van der Waals surface area contributed by atoms with Crippen LogP contribution in [0.1, 0.15) is 37.0 Å². The fraction of sp³-hybridized carbons (Fsp3) is 0.632. The molecule has 2 rings (SSSR count). The number of methoxy groups -OCH3 is 1. The van der Waals surface area contributed by atoms with Crippen molar-refractivity contribution in [3.63, 3.8) is 0 Å². The first-order chi connectivity index (χ1) is 11.5. The van der Waals surface area contributed by atoms with Crippen molar-refractivity contribution < 1.29 is 14.3 Å². The van der Waals surface area contributed by atoms with E-state index >= 15 is 0 Å². The Morgan fingerprint density at radius 2 is 2.04 bits per heavy atom. The normalized spacial score (nSPS) is 16.2. The van der Waals surface area contributed by atoms with Crippen molar-refractivity contribution in [2.24, 2.45) is 11.8 Å². The van der Waals surface area contributed by atoms with E-state index in [1.807, 2.05) is 0 Å². The number of ether oxygens (including phenoxy) is 2. The molecule has 1 aliphatic heterocycles. The lowest BCUT2D eigenvalue weighted by Gasteiger charge is -2.29. The zero-order valence-corrected chi connectivity index (χ0v) is 15.3. The number of carbonyl (C=O) groups is 1. The van der Waals surface area contributed by atoms with E-state index in [9.17, 15) is 4.79 Å². The molecule has 24 heavy (non-hydrogen) atoms. The summed E-state index contributed by atoms with van der Waals surface area (Å²) in [6.07, 6.45) is 2.27. The molecule has 1 fully saturated rings. The van der Waals surface area contributed by atoms with Crippen LogP contribution >= 0.6 is 0 Å². The van der Waals surface area contributed by atoms with Gasteiger partial charge in [0.25, 0.3) is 5.91 Å². The zero-order valence-electron chi connectivity index (χ0n) is 15.3. The second kappa shape index (κ2) is 8.92. The number of hydrogen-bond donors (Lipinski definition) is 1. The number of amides is 1. The molecule has 0 atom stereocenters. The number of piperidine rings is 1. The van der Waals surface area contributed by atoms with Crippen LogP contribution in [0.5, 0.6) is 11.5 Å². The van der Waals surface area contributed by atoms with Crippen LogP contribution in [0.3, 0.4) is 0 Å². The Balaban J connectivity index is 1.99. The Morgan fingerprint density at radius 3 is 2.67 bits per heavy atom. The lowest BCUT2D eigenvalue weighted by atomic mass is 9.97. The highest BCUT2D eigenvalue weighted by molar-refractivity contribution is 5.97. The molecule has 134 valence electrons. The molecular weight excluding hydrogens is 304 g/mol. The van der Waals surface area contributed by atoms with Crippen LogP contribution in [0.2, 0.25) is 0 Å². The molecule has 0 unspecified atom stereocenters. The summed E-state index contributed by atoms with van der Waals surface area (Å²) in [6.45, 7) is 7.67. The minimum Gasteiger partial charge on any atom is -0.497 e. The summed E-state index contributed by atoms with van der Waals surface area (Å²) in [5, 5.41) is 3.07. The number of nitrogens with one attached hydrogen (secondary N) is 1. The van der Waals surface area contributed by atoms with Gasteiger partial charge in [-0.05, 0) is 56.9 Å². The third-order valence-corrected chi connectivity index (χ3v) is 4.40. The van der Waals surface area contributed by atoms with Gasteiger partial charge in [-0.3, -0.25) is 4.79 Å². The van der Waals surface area contributed by atoms with Crippen LogP contribution in [-0.2, 0) is 0 Å². The van der Waals surface area contributed by atoms with Gasteiger partial charge < -0.3 is 19.7 Å². The van der Waals surface area contributed by atoms with Crippen molar-refractivity contribution in [1.29, 1.82) is 0 Å². The molecule has 0 spiro atoms. The van der Waals surface area contributed by atoms with Crippen molar-refractivity contribution in [3.8, 4) is 11.5 Å². The summed E-state index contributed by atoms with van der Waals surface area (Å²) in [7, 11) is 3.76. The van der Waals surface area contributed by atoms with Gasteiger partial charge in [0, 0.05) is 12.6 Å². The van der Waals surface area contributed by atoms with E-state index in [0.717, 1.165) is 32.5 Å². The Bertz CT molecular complexity index is 537. The molecule has 1 aromatic carbocycles. The Kier molecular flexibility index (Phi) is 6.91. The molecule has 1 N–H and O–H groups in total. The molecule has 0 saturated carbocycles. The predicted molar refractivity (Wildman–Crippen MR) is 95.9 cm³/mol. The standard InChI is InChI=1S/C19H30N2O3/c1-14(2)13-24-18-11-16(23-4)5-6-17(18)19(22)20-12-15-7-9-21(3)10-8-15/h5-6,11,14-15H,7-10,12-13H2,1-4H3,(H,20,22). The average molecular weight is 334 g/mol. The van der Waals surface area contributed by atoms with Crippen molar-refractivity contribution in [2.75, 3.05) is 40.4 Å². The fourth-order valence-corrected chi connectivity index (χ4v) is 2.79. The van der Waals surface area contributed by atoms with Crippen molar-refractivity contribution >= 4 is 5.91 Å². The second-order valence-electron chi connectivity index (χ2n) is 7.02. The highest BCUT2D eigenvalue weighted by Crippen LogP contribution is 2.25. The molecule has 0 bridgehead atoms. The van der Waals surface area contributed by atoms with Crippen LogP contribution in [0.4, 0.5) is 0 Å². The summed E-state index contributed by atoms with van der Waals surface area (Å²) in [5.74, 6) is 2.16. The van der Waals surface area contributed by atoms with E-state index in [4.69, 9.17) is 9.47 Å². The van der Waals surface area contributed by atoms with Crippen LogP contribution in [0, 0.1) is 11.8 Å². The molecule has 1 amide bonds. The highest BCUT2D eigenvalue weighted by Gasteiger charge is 2.19. The van der Waals surface area contributed by atoms with Crippen molar-refractivity contribution in [1.82, 2.24) is 10.2 Å². The van der Waals surface area contributed by atoms with E-state index in [1.165, 1.54) is 0 Å². The summed E-state index contributed by atoms with van der Waals surface area (Å²) in [4.78, 5) is 14.9. The molecule has 0 radical (unpaired) electrons. The van der Waals surface area contributed by atoms with Gasteiger partial charge in [-0.15, -0.1) is 0 Å².